The highest BCUT2D eigenvalue weighted by atomic mass is 15.2. The molecule has 0 bridgehead atoms. The first kappa shape index (κ1) is 19.8. The summed E-state index contributed by atoms with van der Waals surface area (Å²) < 4.78 is 2.46. The van der Waals surface area contributed by atoms with Crippen molar-refractivity contribution < 1.29 is 0 Å². The van der Waals surface area contributed by atoms with Crippen LogP contribution < -0.4 is 10.2 Å². The number of piperazine rings is 1. The van der Waals surface area contributed by atoms with Crippen LogP contribution in [0.5, 0.6) is 0 Å². The molecule has 1 atom stereocenters. The zero-order valence-corrected chi connectivity index (χ0v) is 18.5. The standard InChI is InChI=1S/C26H30N6/c27-17-20-4-1-2-7-23(20)31-13-11-28-18-25(31)19-8-9-22-24(16-19)32-15-14-30(21-5-3-6-21)12-10-26(32)29-22/h1-2,4,7-9,16,21,25,28H,3,5-6,10-15,18H2. The van der Waals surface area contributed by atoms with Crippen molar-refractivity contribution in [1.82, 2.24) is 19.8 Å². The molecule has 6 heteroatoms. The third-order valence-electron chi connectivity index (χ3n) is 7.64. The van der Waals surface area contributed by atoms with Gasteiger partial charge in [-0.2, -0.15) is 5.26 Å². The zero-order valence-electron chi connectivity index (χ0n) is 18.5. The van der Waals surface area contributed by atoms with Gasteiger partial charge in [0.2, 0.25) is 0 Å². The minimum absolute atomic E-state index is 0.200. The Labute approximate surface area is 189 Å². The van der Waals surface area contributed by atoms with Gasteiger partial charge in [0, 0.05) is 51.7 Å². The number of benzene rings is 2. The van der Waals surface area contributed by atoms with E-state index < -0.39 is 0 Å². The van der Waals surface area contributed by atoms with Crippen molar-refractivity contribution >= 4 is 16.7 Å². The lowest BCUT2D eigenvalue weighted by Crippen LogP contribution is -2.46. The number of nitrogens with one attached hydrogen (secondary N) is 1. The quantitative estimate of drug-likeness (QED) is 0.695. The van der Waals surface area contributed by atoms with Crippen LogP contribution in [0.1, 0.15) is 42.3 Å². The molecule has 1 aliphatic carbocycles. The van der Waals surface area contributed by atoms with Gasteiger partial charge < -0.3 is 14.8 Å². The maximum absolute atomic E-state index is 9.65. The highest BCUT2D eigenvalue weighted by Gasteiger charge is 2.29. The molecule has 2 aromatic carbocycles. The monoisotopic (exact) mass is 426 g/mol. The lowest BCUT2D eigenvalue weighted by molar-refractivity contribution is 0.130. The first-order valence-electron chi connectivity index (χ1n) is 12.0. The van der Waals surface area contributed by atoms with Crippen LogP contribution in [0.2, 0.25) is 0 Å². The van der Waals surface area contributed by atoms with Crippen LogP contribution in [-0.4, -0.2) is 53.2 Å². The summed E-state index contributed by atoms with van der Waals surface area (Å²) in [5.74, 6) is 1.23. The predicted octanol–water partition coefficient (Wildman–Crippen LogP) is 3.47. The molecule has 3 aliphatic rings. The summed E-state index contributed by atoms with van der Waals surface area (Å²) in [7, 11) is 0. The lowest BCUT2D eigenvalue weighted by Gasteiger charge is -2.38. The van der Waals surface area contributed by atoms with Crippen molar-refractivity contribution in [1.29, 1.82) is 5.26 Å². The van der Waals surface area contributed by atoms with Gasteiger partial charge >= 0.3 is 0 Å². The number of para-hydroxylation sites is 1. The molecule has 0 amide bonds. The number of fused-ring (bicyclic) bond motifs is 3. The van der Waals surface area contributed by atoms with Crippen LogP contribution in [0, 0.1) is 11.3 Å². The molecule has 1 N–H and O–H groups in total. The Morgan fingerprint density at radius 2 is 1.94 bits per heavy atom. The van der Waals surface area contributed by atoms with Crippen molar-refractivity contribution in [2.24, 2.45) is 0 Å². The van der Waals surface area contributed by atoms with Crippen LogP contribution >= 0.6 is 0 Å². The van der Waals surface area contributed by atoms with Gasteiger partial charge in [-0.15, -0.1) is 0 Å². The number of anilines is 1. The Hall–Kier alpha value is -2.88. The molecule has 164 valence electrons. The highest BCUT2D eigenvalue weighted by Crippen LogP contribution is 2.33. The van der Waals surface area contributed by atoms with Crippen LogP contribution in [0.15, 0.2) is 42.5 Å². The molecular formula is C26H30N6. The topological polar surface area (TPSA) is 60.1 Å². The average molecular weight is 427 g/mol. The largest absolute Gasteiger partial charge is 0.361 e. The molecule has 2 fully saturated rings. The second kappa shape index (κ2) is 8.23. The van der Waals surface area contributed by atoms with E-state index in [1.54, 1.807) is 0 Å². The van der Waals surface area contributed by atoms with Crippen molar-refractivity contribution in [2.45, 2.75) is 44.3 Å². The minimum Gasteiger partial charge on any atom is -0.361 e. The van der Waals surface area contributed by atoms with E-state index in [2.05, 4.69) is 50.0 Å². The second-order valence-electron chi connectivity index (χ2n) is 9.34. The van der Waals surface area contributed by atoms with Crippen LogP contribution in [0.25, 0.3) is 11.0 Å². The normalized spacial score (nSPS) is 22.2. The molecule has 1 saturated heterocycles. The van der Waals surface area contributed by atoms with Gasteiger partial charge in [0.05, 0.1) is 28.3 Å². The lowest BCUT2D eigenvalue weighted by atomic mass is 9.91. The van der Waals surface area contributed by atoms with Crippen molar-refractivity contribution in [2.75, 3.05) is 37.6 Å². The third-order valence-corrected chi connectivity index (χ3v) is 7.64. The molecule has 1 saturated carbocycles. The Balaban J connectivity index is 1.34. The smallest absolute Gasteiger partial charge is 0.111 e. The summed E-state index contributed by atoms with van der Waals surface area (Å²) in [4.78, 5) is 10.1. The first-order valence-corrected chi connectivity index (χ1v) is 12.0. The van der Waals surface area contributed by atoms with Crippen molar-refractivity contribution in [3.8, 4) is 6.07 Å². The SMILES string of the molecule is N#Cc1ccccc1N1CCNCC1c1ccc2nc3n(c2c1)CCN(C1CCC1)CC3. The zero-order chi connectivity index (χ0) is 21.5. The molecule has 6 rings (SSSR count). The fourth-order valence-electron chi connectivity index (χ4n) is 5.65. The molecule has 0 radical (unpaired) electrons. The number of imidazole rings is 1. The summed E-state index contributed by atoms with van der Waals surface area (Å²) in [6.45, 7) is 5.98. The highest BCUT2D eigenvalue weighted by molar-refractivity contribution is 5.77. The van der Waals surface area contributed by atoms with Crippen LogP contribution in [0.4, 0.5) is 5.69 Å². The number of nitriles is 1. The Morgan fingerprint density at radius 1 is 1.03 bits per heavy atom. The van der Waals surface area contributed by atoms with E-state index in [1.165, 1.54) is 36.2 Å². The number of aromatic nitrogens is 2. The van der Waals surface area contributed by atoms with E-state index in [4.69, 9.17) is 4.98 Å². The van der Waals surface area contributed by atoms with Gasteiger partial charge in [0.1, 0.15) is 11.9 Å². The number of hydrogen-bond acceptors (Lipinski definition) is 5. The molecular weight excluding hydrogens is 396 g/mol. The van der Waals surface area contributed by atoms with Gasteiger partial charge in [-0.1, -0.05) is 24.6 Å². The van der Waals surface area contributed by atoms with E-state index in [9.17, 15) is 5.26 Å². The van der Waals surface area contributed by atoms with Gasteiger partial charge in [0.25, 0.3) is 0 Å². The van der Waals surface area contributed by atoms with Gasteiger partial charge in [-0.25, -0.2) is 4.98 Å². The second-order valence-corrected chi connectivity index (χ2v) is 9.34. The van der Waals surface area contributed by atoms with Crippen molar-refractivity contribution in [3.05, 3.63) is 59.4 Å². The predicted molar refractivity (Wildman–Crippen MR) is 127 cm³/mol. The molecule has 1 aromatic heterocycles. The van der Waals surface area contributed by atoms with Gasteiger partial charge in [-0.3, -0.25) is 4.90 Å². The van der Waals surface area contributed by atoms with Gasteiger partial charge in [-0.05, 0) is 42.7 Å². The first-order chi connectivity index (χ1) is 15.8. The molecule has 6 nitrogen and oxygen atoms in total. The van der Waals surface area contributed by atoms with E-state index in [0.29, 0.717) is 0 Å². The third kappa shape index (κ3) is 3.37. The maximum atomic E-state index is 9.65. The van der Waals surface area contributed by atoms with E-state index in [1.807, 2.05) is 18.2 Å². The van der Waals surface area contributed by atoms with E-state index in [0.717, 1.165) is 68.5 Å². The summed E-state index contributed by atoms with van der Waals surface area (Å²) in [5.41, 5.74) is 5.43. The molecule has 3 aromatic rings. The van der Waals surface area contributed by atoms with Crippen molar-refractivity contribution in [3.63, 3.8) is 0 Å². The molecule has 32 heavy (non-hydrogen) atoms. The summed E-state index contributed by atoms with van der Waals surface area (Å²) in [6.07, 6.45) is 5.15. The number of nitrogens with zero attached hydrogens (tertiary/aromatic N) is 5. The Morgan fingerprint density at radius 3 is 2.78 bits per heavy atom. The molecule has 2 aliphatic heterocycles. The Bertz CT molecular complexity index is 1170. The molecule has 0 spiro atoms. The molecule has 3 heterocycles. The number of rotatable bonds is 3. The van der Waals surface area contributed by atoms with E-state index in [-0.39, 0.29) is 6.04 Å². The molecule has 1 unspecified atom stereocenters. The average Bonchev–Trinajstić information content (AvgIpc) is 3.03. The fourth-order valence-corrected chi connectivity index (χ4v) is 5.65. The minimum atomic E-state index is 0.200. The fraction of sp³-hybridized carbons (Fsp3) is 0.462. The summed E-state index contributed by atoms with van der Waals surface area (Å²) in [5, 5.41) is 13.2. The van der Waals surface area contributed by atoms with E-state index >= 15 is 0 Å². The Kier molecular flexibility index (Phi) is 5.09. The van der Waals surface area contributed by atoms with Crippen LogP contribution in [0.3, 0.4) is 0 Å². The summed E-state index contributed by atoms with van der Waals surface area (Å²) >= 11 is 0. The maximum Gasteiger partial charge on any atom is 0.111 e. The van der Waals surface area contributed by atoms with Gasteiger partial charge in [0.15, 0.2) is 0 Å². The van der Waals surface area contributed by atoms with Crippen LogP contribution in [-0.2, 0) is 13.0 Å². The number of hydrogen-bond donors (Lipinski definition) is 1. The summed E-state index contributed by atoms with van der Waals surface area (Å²) in [6, 6.07) is 18.1.